The molecule has 0 bridgehead atoms. The summed E-state index contributed by atoms with van der Waals surface area (Å²) in [7, 11) is 0. The highest BCUT2D eigenvalue weighted by Gasteiger charge is 2.17. The van der Waals surface area contributed by atoms with E-state index in [-0.39, 0.29) is 0 Å². The van der Waals surface area contributed by atoms with E-state index >= 15 is 0 Å². The molecule has 40 heavy (non-hydrogen) atoms. The number of hydrogen-bond acceptors (Lipinski definition) is 2. The third-order valence-corrected chi connectivity index (χ3v) is 7.58. The maximum atomic E-state index is 6.22. The van der Waals surface area contributed by atoms with E-state index in [1.807, 2.05) is 24.3 Å². The summed E-state index contributed by atoms with van der Waals surface area (Å²) in [5.74, 6) is 0. The first-order chi connectivity index (χ1) is 19.8. The maximum Gasteiger partial charge on any atom is 0.0617 e. The lowest BCUT2D eigenvalue weighted by atomic mass is 9.85. The molecule has 0 aliphatic rings. The Morgan fingerprint density at radius 3 is 1.48 bits per heavy atom. The number of hydrogen-bond donors (Lipinski definition) is 2. The van der Waals surface area contributed by atoms with Gasteiger partial charge < -0.3 is 11.1 Å². The molecule has 0 amide bonds. The molecule has 0 radical (unpaired) electrons. The molecule has 0 aliphatic carbocycles. The van der Waals surface area contributed by atoms with Crippen molar-refractivity contribution in [3.63, 3.8) is 0 Å². The fraction of sp³-hybridized carbons (Fsp3) is 0. The minimum absolute atomic E-state index is 0.728. The van der Waals surface area contributed by atoms with E-state index in [1.165, 1.54) is 49.4 Å². The molecule has 2 heteroatoms. The molecule has 0 heterocycles. The van der Waals surface area contributed by atoms with Crippen LogP contribution in [0.2, 0.25) is 0 Å². The van der Waals surface area contributed by atoms with Crippen molar-refractivity contribution in [3.8, 4) is 33.4 Å². The van der Waals surface area contributed by atoms with Crippen molar-refractivity contribution >= 4 is 38.6 Å². The van der Waals surface area contributed by atoms with Crippen LogP contribution in [-0.2, 0) is 0 Å². The number of benzene rings is 7. The Balaban J connectivity index is 1.45. The minimum Gasteiger partial charge on any atom is -0.397 e. The molecule has 3 N–H and O–H groups in total. The molecule has 0 aromatic heterocycles. The minimum atomic E-state index is 0.728. The first-order valence-corrected chi connectivity index (χ1v) is 13.6. The van der Waals surface area contributed by atoms with Crippen LogP contribution >= 0.6 is 0 Å². The molecule has 0 atom stereocenters. The standard InChI is InChI=1S/C38H28N2/c39-35-22-8-9-23-36(35)40-30-17-11-16-29(25-30)38-33-20-6-4-18-31(33)37(32-19-5-7-21-34(32)38)28-15-10-14-27(24-28)26-12-2-1-3-13-26/h1-25,40H,39H2. The van der Waals surface area contributed by atoms with Gasteiger partial charge in [-0.2, -0.15) is 0 Å². The van der Waals surface area contributed by atoms with E-state index in [4.69, 9.17) is 5.73 Å². The van der Waals surface area contributed by atoms with Gasteiger partial charge in [-0.3, -0.25) is 0 Å². The van der Waals surface area contributed by atoms with Gasteiger partial charge in [0.15, 0.2) is 0 Å². The molecule has 0 fully saturated rings. The summed E-state index contributed by atoms with van der Waals surface area (Å²) < 4.78 is 0. The number of nitrogens with two attached hydrogens (primary N) is 1. The maximum absolute atomic E-state index is 6.22. The molecule has 0 aliphatic heterocycles. The Hall–Kier alpha value is -5.34. The van der Waals surface area contributed by atoms with Crippen LogP contribution in [0, 0.1) is 0 Å². The predicted octanol–water partition coefficient (Wildman–Crippen LogP) is 10.3. The summed E-state index contributed by atoms with van der Waals surface area (Å²) in [5, 5.41) is 8.47. The Morgan fingerprint density at radius 1 is 0.375 bits per heavy atom. The van der Waals surface area contributed by atoms with Crippen molar-refractivity contribution in [2.75, 3.05) is 11.1 Å². The van der Waals surface area contributed by atoms with Gasteiger partial charge in [-0.05, 0) is 85.3 Å². The van der Waals surface area contributed by atoms with E-state index in [0.29, 0.717) is 0 Å². The van der Waals surface area contributed by atoms with Crippen molar-refractivity contribution in [2.24, 2.45) is 0 Å². The van der Waals surface area contributed by atoms with E-state index in [2.05, 4.69) is 133 Å². The van der Waals surface area contributed by atoms with E-state index < -0.39 is 0 Å². The molecule has 7 aromatic carbocycles. The highest BCUT2D eigenvalue weighted by atomic mass is 14.9. The summed E-state index contributed by atoms with van der Waals surface area (Å²) in [4.78, 5) is 0. The second-order valence-corrected chi connectivity index (χ2v) is 10.1. The van der Waals surface area contributed by atoms with Gasteiger partial charge in [-0.1, -0.05) is 121 Å². The number of fused-ring (bicyclic) bond motifs is 2. The predicted molar refractivity (Wildman–Crippen MR) is 172 cm³/mol. The molecule has 0 unspecified atom stereocenters. The van der Waals surface area contributed by atoms with Crippen molar-refractivity contribution in [3.05, 3.63) is 152 Å². The first kappa shape index (κ1) is 23.8. The quantitative estimate of drug-likeness (QED) is 0.178. The van der Waals surface area contributed by atoms with Gasteiger partial charge in [0.2, 0.25) is 0 Å². The average molecular weight is 513 g/mol. The highest BCUT2D eigenvalue weighted by molar-refractivity contribution is 6.21. The highest BCUT2D eigenvalue weighted by Crippen LogP contribution is 2.44. The number of nitrogen functional groups attached to an aromatic ring is 1. The third-order valence-electron chi connectivity index (χ3n) is 7.58. The molecule has 2 nitrogen and oxygen atoms in total. The summed E-state index contributed by atoms with van der Waals surface area (Å²) in [6, 6.07) is 53.5. The lowest BCUT2D eigenvalue weighted by Gasteiger charge is -2.19. The Kier molecular flexibility index (Phi) is 5.99. The van der Waals surface area contributed by atoms with Crippen LogP contribution in [0.4, 0.5) is 17.1 Å². The first-order valence-electron chi connectivity index (χ1n) is 13.6. The summed E-state index contributed by atoms with van der Waals surface area (Å²) in [6.45, 7) is 0. The normalized spacial score (nSPS) is 11.1. The topological polar surface area (TPSA) is 38.0 Å². The zero-order valence-corrected chi connectivity index (χ0v) is 22.0. The third kappa shape index (κ3) is 4.26. The largest absolute Gasteiger partial charge is 0.397 e. The summed E-state index contributed by atoms with van der Waals surface area (Å²) in [5.41, 5.74) is 16.2. The molecular formula is C38H28N2. The Morgan fingerprint density at radius 2 is 0.850 bits per heavy atom. The molecule has 7 rings (SSSR count). The van der Waals surface area contributed by atoms with E-state index in [9.17, 15) is 0 Å². The van der Waals surface area contributed by atoms with Gasteiger partial charge in [0.1, 0.15) is 0 Å². The molecule has 0 spiro atoms. The Labute approximate surface area is 234 Å². The molecule has 0 saturated heterocycles. The molecular weight excluding hydrogens is 484 g/mol. The van der Waals surface area contributed by atoms with Crippen LogP contribution in [0.1, 0.15) is 0 Å². The number of rotatable bonds is 5. The molecule has 7 aromatic rings. The van der Waals surface area contributed by atoms with Crippen molar-refractivity contribution in [1.29, 1.82) is 0 Å². The van der Waals surface area contributed by atoms with Crippen molar-refractivity contribution < 1.29 is 0 Å². The number of para-hydroxylation sites is 2. The van der Waals surface area contributed by atoms with Crippen molar-refractivity contribution in [2.45, 2.75) is 0 Å². The van der Waals surface area contributed by atoms with Crippen LogP contribution in [0.5, 0.6) is 0 Å². The fourth-order valence-electron chi connectivity index (χ4n) is 5.75. The zero-order chi connectivity index (χ0) is 26.9. The lowest BCUT2D eigenvalue weighted by Crippen LogP contribution is -1.96. The van der Waals surface area contributed by atoms with Gasteiger partial charge in [-0.25, -0.2) is 0 Å². The SMILES string of the molecule is Nc1ccccc1Nc1cccc(-c2c3ccccc3c(-c3cccc(-c4ccccc4)c3)c3ccccc23)c1. The monoisotopic (exact) mass is 512 g/mol. The van der Waals surface area contributed by atoms with E-state index in [0.717, 1.165) is 22.6 Å². The number of nitrogens with one attached hydrogen (secondary N) is 1. The van der Waals surface area contributed by atoms with Crippen LogP contribution in [0.15, 0.2) is 152 Å². The summed E-state index contributed by atoms with van der Waals surface area (Å²) in [6.07, 6.45) is 0. The summed E-state index contributed by atoms with van der Waals surface area (Å²) >= 11 is 0. The van der Waals surface area contributed by atoms with Gasteiger partial charge in [0, 0.05) is 5.69 Å². The molecule has 190 valence electrons. The van der Waals surface area contributed by atoms with Crippen molar-refractivity contribution in [1.82, 2.24) is 0 Å². The van der Waals surface area contributed by atoms with E-state index in [1.54, 1.807) is 0 Å². The van der Waals surface area contributed by atoms with Crippen LogP contribution in [0.3, 0.4) is 0 Å². The van der Waals surface area contributed by atoms with Gasteiger partial charge in [0.05, 0.1) is 11.4 Å². The van der Waals surface area contributed by atoms with Gasteiger partial charge in [-0.15, -0.1) is 0 Å². The second kappa shape index (κ2) is 10.1. The zero-order valence-electron chi connectivity index (χ0n) is 22.0. The second-order valence-electron chi connectivity index (χ2n) is 10.1. The van der Waals surface area contributed by atoms with Crippen LogP contribution < -0.4 is 11.1 Å². The van der Waals surface area contributed by atoms with Crippen LogP contribution in [0.25, 0.3) is 54.9 Å². The fourth-order valence-corrected chi connectivity index (χ4v) is 5.75. The number of anilines is 3. The molecule has 0 saturated carbocycles. The lowest BCUT2D eigenvalue weighted by molar-refractivity contribution is 1.54. The Bertz CT molecular complexity index is 1930. The smallest absolute Gasteiger partial charge is 0.0617 e. The average Bonchev–Trinajstić information content (AvgIpc) is 3.01. The van der Waals surface area contributed by atoms with Gasteiger partial charge in [0.25, 0.3) is 0 Å². The van der Waals surface area contributed by atoms with Crippen LogP contribution in [-0.4, -0.2) is 0 Å². The van der Waals surface area contributed by atoms with Gasteiger partial charge >= 0.3 is 0 Å².